The largest absolute Gasteiger partial charge is 0.454 e. The number of esters is 1. The molecule has 0 saturated carbocycles. The highest BCUT2D eigenvalue weighted by molar-refractivity contribution is 7.99. The molecule has 1 aliphatic rings. The maximum Gasteiger partial charge on any atom is 0.332 e. The summed E-state index contributed by atoms with van der Waals surface area (Å²) in [4.78, 5) is 27.6. The number of fused-ring (bicyclic) bond motifs is 2. The Balaban J connectivity index is 1.89. The molecule has 2 aromatic rings. The molecule has 0 saturated heterocycles. The normalized spacial score (nSPS) is 12.3. The Bertz CT molecular complexity index is 701. The number of hydrogen-bond acceptors (Lipinski definition) is 5. The van der Waals surface area contributed by atoms with Crippen LogP contribution in [0.15, 0.2) is 58.3 Å². The van der Waals surface area contributed by atoms with Gasteiger partial charge in [0, 0.05) is 16.9 Å². The summed E-state index contributed by atoms with van der Waals surface area (Å²) < 4.78 is 9.66. The average molecular weight is 329 g/mol. The zero-order chi connectivity index (χ0) is 16.2. The van der Waals surface area contributed by atoms with E-state index < -0.39 is 5.97 Å². The van der Waals surface area contributed by atoms with Crippen molar-refractivity contribution in [1.82, 2.24) is 0 Å². The summed E-state index contributed by atoms with van der Waals surface area (Å²) in [7, 11) is 1.40. The van der Waals surface area contributed by atoms with E-state index in [-0.39, 0.29) is 19.1 Å². The van der Waals surface area contributed by atoms with Gasteiger partial charge in [-0.15, -0.1) is 0 Å². The number of anilines is 2. The van der Waals surface area contributed by atoms with Crippen LogP contribution < -0.4 is 4.90 Å². The molecule has 0 atom stereocenters. The molecule has 6 heteroatoms. The number of para-hydroxylation sites is 2. The van der Waals surface area contributed by atoms with Crippen LogP contribution in [0.3, 0.4) is 0 Å². The first kappa shape index (κ1) is 15.6. The van der Waals surface area contributed by atoms with Gasteiger partial charge in [0.15, 0.2) is 6.61 Å². The Hall–Kier alpha value is -2.31. The van der Waals surface area contributed by atoms with E-state index in [1.165, 1.54) is 7.11 Å². The average Bonchev–Trinajstić information content (AvgIpc) is 2.57. The molecule has 0 unspecified atom stereocenters. The van der Waals surface area contributed by atoms with E-state index in [1.54, 1.807) is 16.7 Å². The van der Waals surface area contributed by atoms with E-state index in [0.29, 0.717) is 0 Å². The molecule has 118 valence electrons. The Morgan fingerprint density at radius 3 is 2.09 bits per heavy atom. The van der Waals surface area contributed by atoms with Crippen LogP contribution in [-0.4, -0.2) is 32.2 Å². The molecule has 0 N–H and O–H groups in total. The smallest absolute Gasteiger partial charge is 0.332 e. The van der Waals surface area contributed by atoms with Gasteiger partial charge < -0.3 is 9.47 Å². The first-order chi connectivity index (χ1) is 11.2. The minimum atomic E-state index is -0.561. The molecule has 1 heterocycles. The summed E-state index contributed by atoms with van der Waals surface area (Å²) in [6.45, 7) is -0.494. The number of carbonyl (C=O) groups excluding carboxylic acids is 2. The standard InChI is InChI=1S/C17H15NO4S/c1-21-11-17(20)22-10-16(19)18-12-6-2-4-8-14(12)23-15-9-5-3-7-13(15)18/h2-9H,10-11H2,1H3. The quantitative estimate of drug-likeness (QED) is 0.807. The van der Waals surface area contributed by atoms with Crippen LogP contribution >= 0.6 is 11.8 Å². The highest BCUT2D eigenvalue weighted by Crippen LogP contribution is 2.47. The monoisotopic (exact) mass is 329 g/mol. The number of carbonyl (C=O) groups is 2. The summed E-state index contributed by atoms with van der Waals surface area (Å²) in [5.41, 5.74) is 1.59. The van der Waals surface area contributed by atoms with E-state index in [4.69, 9.17) is 9.47 Å². The van der Waals surface area contributed by atoms with Crippen molar-refractivity contribution in [3.63, 3.8) is 0 Å². The number of benzene rings is 2. The molecule has 0 spiro atoms. The van der Waals surface area contributed by atoms with Crippen LogP contribution in [0.2, 0.25) is 0 Å². The number of amides is 1. The summed E-state index contributed by atoms with van der Waals surface area (Å²) >= 11 is 1.61. The minimum Gasteiger partial charge on any atom is -0.454 e. The van der Waals surface area contributed by atoms with Gasteiger partial charge in [-0.1, -0.05) is 36.0 Å². The van der Waals surface area contributed by atoms with Gasteiger partial charge in [0.05, 0.1) is 11.4 Å². The van der Waals surface area contributed by atoms with Crippen molar-refractivity contribution < 1.29 is 19.1 Å². The lowest BCUT2D eigenvalue weighted by atomic mass is 10.2. The zero-order valence-corrected chi connectivity index (χ0v) is 13.3. The minimum absolute atomic E-state index is 0.170. The second-order valence-electron chi connectivity index (χ2n) is 4.86. The number of nitrogens with zero attached hydrogens (tertiary/aromatic N) is 1. The molecule has 0 bridgehead atoms. The van der Waals surface area contributed by atoms with Crippen molar-refractivity contribution in [3.8, 4) is 0 Å². The molecule has 0 fully saturated rings. The SMILES string of the molecule is COCC(=O)OCC(=O)N1c2ccccc2Sc2ccccc21. The van der Waals surface area contributed by atoms with Crippen LogP contribution in [0, 0.1) is 0 Å². The molecule has 5 nitrogen and oxygen atoms in total. The topological polar surface area (TPSA) is 55.8 Å². The Labute approximate surface area is 138 Å². The van der Waals surface area contributed by atoms with Gasteiger partial charge in [0.2, 0.25) is 0 Å². The predicted molar refractivity (Wildman–Crippen MR) is 87.0 cm³/mol. The molecule has 23 heavy (non-hydrogen) atoms. The molecule has 0 radical (unpaired) electrons. The second-order valence-corrected chi connectivity index (χ2v) is 5.94. The molecular weight excluding hydrogens is 314 g/mol. The van der Waals surface area contributed by atoms with E-state index in [1.807, 2.05) is 48.5 Å². The van der Waals surface area contributed by atoms with E-state index >= 15 is 0 Å². The third kappa shape index (κ3) is 3.23. The van der Waals surface area contributed by atoms with Crippen molar-refractivity contribution in [2.24, 2.45) is 0 Å². The second kappa shape index (κ2) is 6.85. The molecule has 0 aliphatic carbocycles. The number of hydrogen-bond donors (Lipinski definition) is 0. The van der Waals surface area contributed by atoms with Crippen LogP contribution in [0.1, 0.15) is 0 Å². The van der Waals surface area contributed by atoms with Gasteiger partial charge in [-0.2, -0.15) is 0 Å². The summed E-state index contributed by atoms with van der Waals surface area (Å²) in [5, 5.41) is 0. The summed E-state index contributed by atoms with van der Waals surface area (Å²) in [5.74, 6) is -0.858. The van der Waals surface area contributed by atoms with Gasteiger partial charge in [-0.25, -0.2) is 4.79 Å². The first-order valence-corrected chi connectivity index (χ1v) is 7.86. The molecule has 1 aliphatic heterocycles. The van der Waals surface area contributed by atoms with Crippen LogP contribution in [0.25, 0.3) is 0 Å². The van der Waals surface area contributed by atoms with Crippen LogP contribution in [-0.2, 0) is 19.1 Å². The maximum atomic E-state index is 12.6. The Morgan fingerprint density at radius 1 is 0.957 bits per heavy atom. The van der Waals surface area contributed by atoms with Crippen LogP contribution in [0.4, 0.5) is 11.4 Å². The fraction of sp³-hybridized carbons (Fsp3) is 0.176. The molecular formula is C17H15NO4S. The molecule has 3 rings (SSSR count). The van der Waals surface area contributed by atoms with Gasteiger partial charge in [-0.05, 0) is 24.3 Å². The zero-order valence-electron chi connectivity index (χ0n) is 12.5. The maximum absolute atomic E-state index is 12.6. The molecule has 1 amide bonds. The Morgan fingerprint density at radius 2 is 1.52 bits per heavy atom. The van der Waals surface area contributed by atoms with Crippen molar-refractivity contribution >= 4 is 35.0 Å². The summed E-state index contributed by atoms with van der Waals surface area (Å²) in [6, 6.07) is 15.3. The lowest BCUT2D eigenvalue weighted by Gasteiger charge is -2.30. The van der Waals surface area contributed by atoms with Gasteiger partial charge in [-0.3, -0.25) is 9.69 Å². The number of rotatable bonds is 4. The van der Waals surface area contributed by atoms with E-state index in [0.717, 1.165) is 21.2 Å². The van der Waals surface area contributed by atoms with Crippen molar-refractivity contribution in [2.45, 2.75) is 9.79 Å². The van der Waals surface area contributed by atoms with Crippen molar-refractivity contribution in [3.05, 3.63) is 48.5 Å². The lowest BCUT2D eigenvalue weighted by Crippen LogP contribution is -2.33. The number of methoxy groups -OCH3 is 1. The van der Waals surface area contributed by atoms with Crippen molar-refractivity contribution in [2.75, 3.05) is 25.2 Å². The van der Waals surface area contributed by atoms with Crippen LogP contribution in [0.5, 0.6) is 0 Å². The third-order valence-corrected chi connectivity index (χ3v) is 4.43. The van der Waals surface area contributed by atoms with Crippen molar-refractivity contribution in [1.29, 1.82) is 0 Å². The summed E-state index contributed by atoms with van der Waals surface area (Å²) in [6.07, 6.45) is 0. The van der Waals surface area contributed by atoms with Gasteiger partial charge in [0.25, 0.3) is 5.91 Å². The van der Waals surface area contributed by atoms with Gasteiger partial charge in [0.1, 0.15) is 6.61 Å². The molecule has 2 aromatic carbocycles. The van der Waals surface area contributed by atoms with Gasteiger partial charge >= 0.3 is 5.97 Å². The molecule has 0 aromatic heterocycles. The fourth-order valence-electron chi connectivity index (χ4n) is 2.34. The number of ether oxygens (including phenoxy) is 2. The highest BCUT2D eigenvalue weighted by atomic mass is 32.2. The van der Waals surface area contributed by atoms with E-state index in [9.17, 15) is 9.59 Å². The first-order valence-electron chi connectivity index (χ1n) is 7.04. The van der Waals surface area contributed by atoms with E-state index in [2.05, 4.69) is 0 Å². The fourth-order valence-corrected chi connectivity index (χ4v) is 3.40. The Kier molecular flexibility index (Phi) is 4.64. The lowest BCUT2D eigenvalue weighted by molar-refractivity contribution is -0.151. The highest BCUT2D eigenvalue weighted by Gasteiger charge is 2.28. The predicted octanol–water partition coefficient (Wildman–Crippen LogP) is 3.01. The third-order valence-electron chi connectivity index (χ3n) is 3.30.